The van der Waals surface area contributed by atoms with Crippen molar-refractivity contribution in [2.75, 3.05) is 0 Å². The van der Waals surface area contributed by atoms with E-state index >= 15 is 0 Å². The van der Waals surface area contributed by atoms with Crippen LogP contribution in [0, 0.1) is 11.6 Å². The summed E-state index contributed by atoms with van der Waals surface area (Å²) in [4.78, 5) is 19.1. The van der Waals surface area contributed by atoms with Crippen LogP contribution in [0.3, 0.4) is 0 Å². The Hall–Kier alpha value is -4.09. The van der Waals surface area contributed by atoms with E-state index in [0.717, 1.165) is 11.1 Å². The molecule has 0 aliphatic rings. The molecular formula is C25H21F2N3O5S. The number of carbonyl (C=O) groups is 1. The molecule has 2 aromatic heterocycles. The Kier molecular flexibility index (Phi) is 7.41. The summed E-state index contributed by atoms with van der Waals surface area (Å²) < 4.78 is 39.6. The van der Waals surface area contributed by atoms with Gasteiger partial charge in [0.25, 0.3) is 11.8 Å². The second kappa shape index (κ2) is 10.7. The first-order valence-corrected chi connectivity index (χ1v) is 11.7. The van der Waals surface area contributed by atoms with Gasteiger partial charge in [0.2, 0.25) is 5.88 Å². The second-order valence-electron chi connectivity index (χ2n) is 7.68. The smallest absolute Gasteiger partial charge is 0.344 e. The Morgan fingerprint density at radius 2 is 1.81 bits per heavy atom. The zero-order valence-corrected chi connectivity index (χ0v) is 19.8. The highest BCUT2D eigenvalue weighted by molar-refractivity contribution is 7.13. The summed E-state index contributed by atoms with van der Waals surface area (Å²) in [5.74, 6) is -4.88. The fourth-order valence-corrected chi connectivity index (χ4v) is 4.04. The summed E-state index contributed by atoms with van der Waals surface area (Å²) in [5.41, 5.74) is 8.72. The number of ether oxygens (including phenoxy) is 2. The zero-order chi connectivity index (χ0) is 25.8. The van der Waals surface area contributed by atoms with E-state index in [0.29, 0.717) is 28.7 Å². The first kappa shape index (κ1) is 25.0. The number of hydrogen-bond donors (Lipinski definition) is 3. The number of aromatic hydroxyl groups is 1. The molecule has 2 aromatic carbocycles. The molecule has 0 bridgehead atoms. The van der Waals surface area contributed by atoms with Crippen LogP contribution >= 0.6 is 11.3 Å². The summed E-state index contributed by atoms with van der Waals surface area (Å²) in [5, 5.41) is 20.8. The van der Waals surface area contributed by atoms with Crippen molar-refractivity contribution in [3.8, 4) is 45.1 Å². The first-order valence-electron chi connectivity index (χ1n) is 10.8. The Bertz CT molecular complexity index is 1410. The van der Waals surface area contributed by atoms with E-state index in [1.807, 2.05) is 30.3 Å². The van der Waals surface area contributed by atoms with E-state index in [4.69, 9.17) is 15.2 Å². The van der Waals surface area contributed by atoms with Crippen molar-refractivity contribution in [2.24, 2.45) is 5.73 Å². The van der Waals surface area contributed by atoms with Crippen LogP contribution in [-0.2, 0) is 11.3 Å². The van der Waals surface area contributed by atoms with Gasteiger partial charge in [-0.25, -0.2) is 18.6 Å². The maximum Gasteiger partial charge on any atom is 0.344 e. The molecule has 4 N–H and O–H groups in total. The van der Waals surface area contributed by atoms with Crippen LogP contribution in [0.25, 0.3) is 21.7 Å². The lowest BCUT2D eigenvalue weighted by molar-refractivity contribution is -0.145. The monoisotopic (exact) mass is 513 g/mol. The van der Waals surface area contributed by atoms with E-state index in [-0.39, 0.29) is 18.1 Å². The lowest BCUT2D eigenvalue weighted by Crippen LogP contribution is -2.26. The lowest BCUT2D eigenvalue weighted by Gasteiger charge is -2.15. The quantitative estimate of drug-likeness (QED) is 0.273. The number of halogens is 2. The summed E-state index contributed by atoms with van der Waals surface area (Å²) in [6.45, 7) is 1.88. The fourth-order valence-electron chi connectivity index (χ4n) is 3.37. The van der Waals surface area contributed by atoms with Gasteiger partial charge >= 0.3 is 5.97 Å². The number of aliphatic carboxylic acids is 1. The second-order valence-corrected chi connectivity index (χ2v) is 8.54. The molecule has 2 heterocycles. The van der Waals surface area contributed by atoms with Crippen LogP contribution in [0.1, 0.15) is 18.9 Å². The number of carboxylic acids is 1. The van der Waals surface area contributed by atoms with E-state index in [9.17, 15) is 23.8 Å². The predicted octanol–water partition coefficient (Wildman–Crippen LogP) is 5.35. The minimum absolute atomic E-state index is 0.0396. The Morgan fingerprint density at radius 1 is 1.06 bits per heavy atom. The van der Waals surface area contributed by atoms with E-state index in [2.05, 4.69) is 9.97 Å². The van der Waals surface area contributed by atoms with Gasteiger partial charge in [0, 0.05) is 18.2 Å². The molecule has 0 amide bonds. The molecule has 1 unspecified atom stereocenters. The van der Waals surface area contributed by atoms with Gasteiger partial charge in [0.15, 0.2) is 17.7 Å². The predicted molar refractivity (Wildman–Crippen MR) is 129 cm³/mol. The van der Waals surface area contributed by atoms with Crippen molar-refractivity contribution >= 4 is 17.3 Å². The Morgan fingerprint density at radius 3 is 2.47 bits per heavy atom. The summed E-state index contributed by atoms with van der Waals surface area (Å²) in [7, 11) is 0. The molecule has 0 saturated heterocycles. The van der Waals surface area contributed by atoms with Crippen molar-refractivity contribution < 1.29 is 33.3 Å². The molecule has 0 spiro atoms. The number of nitrogens with zero attached hydrogens (tertiary/aromatic N) is 2. The molecule has 11 heteroatoms. The van der Waals surface area contributed by atoms with Gasteiger partial charge in [0.05, 0.1) is 5.38 Å². The van der Waals surface area contributed by atoms with Crippen molar-refractivity contribution in [1.82, 2.24) is 9.97 Å². The average Bonchev–Trinajstić information content (AvgIpc) is 3.31. The topological polar surface area (TPSA) is 128 Å². The average molecular weight is 514 g/mol. The molecule has 0 saturated carbocycles. The van der Waals surface area contributed by atoms with Crippen molar-refractivity contribution in [3.05, 3.63) is 71.1 Å². The molecule has 36 heavy (non-hydrogen) atoms. The lowest BCUT2D eigenvalue weighted by atomic mass is 10.0. The Balaban J connectivity index is 1.76. The third-order valence-electron chi connectivity index (χ3n) is 5.12. The molecule has 0 fully saturated rings. The molecular weight excluding hydrogens is 492 g/mol. The normalized spacial score (nSPS) is 11.8. The summed E-state index contributed by atoms with van der Waals surface area (Å²) in [6, 6.07) is 13.0. The molecule has 0 aliphatic carbocycles. The molecule has 8 nitrogen and oxygen atoms in total. The standard InChI is InChI=1S/C25H21F2N3O5S/c1-2-20(25(32)33)35-23-19(27)10-18(26)22(30-23)34-17-8-15(14-5-3-4-13(6-14)11-28)7-16(9-17)24-29-21(31)12-36-24/h3-10,12,20,31H,2,11,28H2,1H3,(H,32,33). The third-order valence-corrected chi connectivity index (χ3v) is 6.00. The maximum atomic E-state index is 14.6. The zero-order valence-electron chi connectivity index (χ0n) is 18.9. The number of rotatable bonds is 9. The van der Waals surface area contributed by atoms with Crippen LogP contribution in [0.2, 0.25) is 0 Å². The summed E-state index contributed by atoms with van der Waals surface area (Å²) in [6.07, 6.45) is -1.33. The molecule has 4 aromatic rings. The highest BCUT2D eigenvalue weighted by Gasteiger charge is 2.23. The molecule has 0 radical (unpaired) electrons. The van der Waals surface area contributed by atoms with Gasteiger partial charge in [-0.15, -0.1) is 11.3 Å². The van der Waals surface area contributed by atoms with Gasteiger partial charge in [-0.05, 0) is 47.4 Å². The number of benzene rings is 2. The van der Waals surface area contributed by atoms with Crippen molar-refractivity contribution in [1.29, 1.82) is 0 Å². The van der Waals surface area contributed by atoms with Crippen LogP contribution in [0.5, 0.6) is 23.4 Å². The van der Waals surface area contributed by atoms with Gasteiger partial charge in [0.1, 0.15) is 10.8 Å². The van der Waals surface area contributed by atoms with E-state index in [1.54, 1.807) is 19.1 Å². The molecule has 1 atom stereocenters. The van der Waals surface area contributed by atoms with Crippen LogP contribution in [0.4, 0.5) is 8.78 Å². The Labute approximate surface area is 208 Å². The van der Waals surface area contributed by atoms with Crippen LogP contribution in [0.15, 0.2) is 53.9 Å². The van der Waals surface area contributed by atoms with Crippen LogP contribution in [-0.4, -0.2) is 32.3 Å². The summed E-state index contributed by atoms with van der Waals surface area (Å²) >= 11 is 1.20. The first-order chi connectivity index (χ1) is 17.3. The highest BCUT2D eigenvalue weighted by Crippen LogP contribution is 2.36. The van der Waals surface area contributed by atoms with Gasteiger partial charge in [-0.1, -0.05) is 25.1 Å². The number of carboxylic acid groups (broad SMARTS) is 1. The van der Waals surface area contributed by atoms with E-state index < -0.39 is 35.5 Å². The maximum absolute atomic E-state index is 14.6. The number of nitrogens with two attached hydrogens (primary N) is 1. The number of hydrogen-bond acceptors (Lipinski definition) is 8. The number of aromatic nitrogens is 2. The minimum atomic E-state index is -1.37. The van der Waals surface area contributed by atoms with Gasteiger partial charge in [-0.3, -0.25) is 0 Å². The fraction of sp³-hybridized carbons (Fsp3) is 0.160. The van der Waals surface area contributed by atoms with Gasteiger partial charge in [-0.2, -0.15) is 4.98 Å². The molecule has 186 valence electrons. The minimum Gasteiger partial charge on any atom is -0.493 e. The highest BCUT2D eigenvalue weighted by atomic mass is 32.1. The number of thiazole rings is 1. The third kappa shape index (κ3) is 5.58. The largest absolute Gasteiger partial charge is 0.493 e. The molecule has 4 rings (SSSR count). The molecule has 0 aliphatic heterocycles. The number of pyridine rings is 1. The van der Waals surface area contributed by atoms with Gasteiger partial charge < -0.3 is 25.4 Å². The van der Waals surface area contributed by atoms with Crippen molar-refractivity contribution in [3.63, 3.8) is 0 Å². The SMILES string of the molecule is CCC(Oc1nc(Oc2cc(-c3cccc(CN)c3)cc(-c3nc(O)cs3)c2)c(F)cc1F)C(=O)O. The van der Waals surface area contributed by atoms with Crippen LogP contribution < -0.4 is 15.2 Å². The van der Waals surface area contributed by atoms with Crippen molar-refractivity contribution in [2.45, 2.75) is 26.0 Å². The van der Waals surface area contributed by atoms with E-state index in [1.165, 1.54) is 16.7 Å².